The predicted molar refractivity (Wildman–Crippen MR) is 70.6 cm³/mol. The fourth-order valence-electron chi connectivity index (χ4n) is 2.50. The van der Waals surface area contributed by atoms with E-state index in [-0.39, 0.29) is 11.9 Å². The first-order valence-electron chi connectivity index (χ1n) is 6.38. The highest BCUT2D eigenvalue weighted by atomic mass is 19.1. The summed E-state index contributed by atoms with van der Waals surface area (Å²) in [5.74, 6) is 0.592. The summed E-state index contributed by atoms with van der Waals surface area (Å²) in [5.41, 5.74) is 7.88. The third kappa shape index (κ3) is 2.18. The highest BCUT2D eigenvalue weighted by Gasteiger charge is 2.14. The van der Waals surface area contributed by atoms with Gasteiger partial charge in [-0.3, -0.25) is 0 Å². The fourth-order valence-corrected chi connectivity index (χ4v) is 2.50. The molecule has 1 heterocycles. The van der Waals surface area contributed by atoms with Crippen molar-refractivity contribution in [3.63, 3.8) is 0 Å². The van der Waals surface area contributed by atoms with Gasteiger partial charge >= 0.3 is 0 Å². The largest absolute Gasteiger partial charge is 0.456 e. The van der Waals surface area contributed by atoms with Gasteiger partial charge in [0, 0.05) is 11.4 Å². The summed E-state index contributed by atoms with van der Waals surface area (Å²) in [6.45, 7) is 0. The molecule has 2 N–H and O–H groups in total. The van der Waals surface area contributed by atoms with Crippen LogP contribution in [0, 0.1) is 5.82 Å². The van der Waals surface area contributed by atoms with Gasteiger partial charge in [-0.2, -0.15) is 0 Å². The molecule has 1 aliphatic carbocycles. The van der Waals surface area contributed by atoms with Gasteiger partial charge in [0.1, 0.15) is 17.2 Å². The Morgan fingerprint density at radius 1 is 1.22 bits per heavy atom. The molecule has 1 aromatic carbocycles. The van der Waals surface area contributed by atoms with Crippen molar-refractivity contribution < 1.29 is 8.81 Å². The standard InChI is InChI=1S/C15H16FNO/c16-12-5-6-14-11(7-12)9-15(18-14)10-3-1-2-4-13(17)8-10/h5-9,13H,1-4,17H2. The molecular formula is C15H16FNO. The van der Waals surface area contributed by atoms with Gasteiger partial charge in [0.15, 0.2) is 0 Å². The van der Waals surface area contributed by atoms with Crippen molar-refractivity contribution in [2.24, 2.45) is 5.73 Å². The highest BCUT2D eigenvalue weighted by molar-refractivity contribution is 5.82. The van der Waals surface area contributed by atoms with Crippen LogP contribution in [0.15, 0.2) is 34.8 Å². The maximum Gasteiger partial charge on any atom is 0.135 e. The molecule has 1 aromatic heterocycles. The van der Waals surface area contributed by atoms with Crippen LogP contribution in [-0.4, -0.2) is 6.04 Å². The second kappa shape index (κ2) is 4.58. The summed E-state index contributed by atoms with van der Waals surface area (Å²) >= 11 is 0. The van der Waals surface area contributed by atoms with Crippen molar-refractivity contribution in [2.75, 3.05) is 0 Å². The van der Waals surface area contributed by atoms with Crippen LogP contribution in [0.3, 0.4) is 0 Å². The smallest absolute Gasteiger partial charge is 0.135 e. The molecule has 1 aliphatic rings. The van der Waals surface area contributed by atoms with Crippen LogP contribution in [0.1, 0.15) is 31.4 Å². The molecule has 3 rings (SSSR count). The molecule has 0 saturated carbocycles. The molecule has 0 spiro atoms. The lowest BCUT2D eigenvalue weighted by atomic mass is 10.1. The van der Waals surface area contributed by atoms with Crippen LogP contribution in [0.25, 0.3) is 16.5 Å². The molecule has 18 heavy (non-hydrogen) atoms. The van der Waals surface area contributed by atoms with Crippen molar-refractivity contribution in [3.05, 3.63) is 41.9 Å². The number of rotatable bonds is 1. The van der Waals surface area contributed by atoms with Gasteiger partial charge < -0.3 is 10.2 Å². The average molecular weight is 245 g/mol. The van der Waals surface area contributed by atoms with Gasteiger partial charge in [-0.15, -0.1) is 0 Å². The molecule has 0 bridgehead atoms. The zero-order chi connectivity index (χ0) is 12.5. The molecule has 0 fully saturated rings. The molecule has 1 unspecified atom stereocenters. The van der Waals surface area contributed by atoms with Crippen molar-refractivity contribution in [1.29, 1.82) is 0 Å². The lowest BCUT2D eigenvalue weighted by Gasteiger charge is -2.03. The topological polar surface area (TPSA) is 39.2 Å². The first-order valence-corrected chi connectivity index (χ1v) is 6.38. The minimum atomic E-state index is -0.235. The number of allylic oxidation sites excluding steroid dienone is 1. The molecule has 3 heteroatoms. The second-order valence-corrected chi connectivity index (χ2v) is 4.89. The quantitative estimate of drug-likeness (QED) is 0.828. The Labute approximate surface area is 105 Å². The summed E-state index contributed by atoms with van der Waals surface area (Å²) in [4.78, 5) is 0. The summed E-state index contributed by atoms with van der Waals surface area (Å²) in [7, 11) is 0. The number of fused-ring (bicyclic) bond motifs is 1. The molecule has 2 nitrogen and oxygen atoms in total. The van der Waals surface area contributed by atoms with Crippen LogP contribution in [0.5, 0.6) is 0 Å². The maximum atomic E-state index is 13.1. The van der Waals surface area contributed by atoms with Gasteiger partial charge in [0.05, 0.1) is 0 Å². The van der Waals surface area contributed by atoms with E-state index in [1.807, 2.05) is 6.07 Å². The van der Waals surface area contributed by atoms with Crippen LogP contribution >= 0.6 is 0 Å². The van der Waals surface area contributed by atoms with E-state index in [4.69, 9.17) is 10.2 Å². The summed E-state index contributed by atoms with van der Waals surface area (Å²) in [5, 5.41) is 0.809. The minimum Gasteiger partial charge on any atom is -0.456 e. The number of halogens is 1. The van der Waals surface area contributed by atoms with E-state index in [1.54, 1.807) is 6.07 Å². The van der Waals surface area contributed by atoms with Gasteiger partial charge in [-0.1, -0.05) is 12.5 Å². The Morgan fingerprint density at radius 3 is 3.00 bits per heavy atom. The average Bonchev–Trinajstić information content (AvgIpc) is 2.63. The molecule has 0 radical (unpaired) electrons. The van der Waals surface area contributed by atoms with Gasteiger partial charge in [-0.05, 0) is 49.1 Å². The minimum absolute atomic E-state index is 0.104. The van der Waals surface area contributed by atoms with Crippen molar-refractivity contribution in [1.82, 2.24) is 0 Å². The Bertz CT molecular complexity index is 600. The second-order valence-electron chi connectivity index (χ2n) is 4.89. The lowest BCUT2D eigenvalue weighted by Crippen LogP contribution is -2.15. The van der Waals surface area contributed by atoms with Crippen LogP contribution < -0.4 is 5.73 Å². The number of hydrogen-bond donors (Lipinski definition) is 1. The summed E-state index contributed by atoms with van der Waals surface area (Å²) in [6.07, 6.45) is 6.37. The molecule has 0 saturated heterocycles. The molecule has 94 valence electrons. The Hall–Kier alpha value is -1.61. The Kier molecular flexibility index (Phi) is 2.92. The maximum absolute atomic E-state index is 13.1. The SMILES string of the molecule is NC1C=C(c2cc3cc(F)ccc3o2)CCCC1. The van der Waals surface area contributed by atoms with Crippen molar-refractivity contribution >= 4 is 16.5 Å². The predicted octanol–water partition coefficient (Wildman–Crippen LogP) is 3.86. The van der Waals surface area contributed by atoms with Crippen LogP contribution in [0.2, 0.25) is 0 Å². The van der Waals surface area contributed by atoms with Gasteiger partial charge in [-0.25, -0.2) is 4.39 Å². The molecular weight excluding hydrogens is 229 g/mol. The van der Waals surface area contributed by atoms with E-state index < -0.39 is 0 Å². The molecule has 0 amide bonds. The Morgan fingerprint density at radius 2 is 2.11 bits per heavy atom. The fraction of sp³-hybridized carbons (Fsp3) is 0.333. The number of hydrogen-bond acceptors (Lipinski definition) is 2. The van der Waals surface area contributed by atoms with E-state index in [1.165, 1.54) is 12.1 Å². The third-order valence-electron chi connectivity index (χ3n) is 3.44. The summed E-state index contributed by atoms with van der Waals surface area (Å²) < 4.78 is 18.9. The van der Waals surface area contributed by atoms with Gasteiger partial charge in [0.2, 0.25) is 0 Å². The summed E-state index contributed by atoms with van der Waals surface area (Å²) in [6, 6.07) is 6.60. The van der Waals surface area contributed by atoms with Gasteiger partial charge in [0.25, 0.3) is 0 Å². The highest BCUT2D eigenvalue weighted by Crippen LogP contribution is 2.30. The van der Waals surface area contributed by atoms with E-state index in [0.717, 1.165) is 48.0 Å². The number of furan rings is 1. The molecule has 1 atom stereocenters. The molecule has 0 aliphatic heterocycles. The van der Waals surface area contributed by atoms with Crippen LogP contribution in [-0.2, 0) is 0 Å². The molecule has 2 aromatic rings. The van der Waals surface area contributed by atoms with E-state index in [2.05, 4.69) is 6.08 Å². The first kappa shape index (κ1) is 11.5. The van der Waals surface area contributed by atoms with Crippen molar-refractivity contribution in [3.8, 4) is 0 Å². The first-order chi connectivity index (χ1) is 8.72. The third-order valence-corrected chi connectivity index (χ3v) is 3.44. The zero-order valence-electron chi connectivity index (χ0n) is 10.2. The zero-order valence-corrected chi connectivity index (χ0v) is 10.2. The van der Waals surface area contributed by atoms with E-state index in [9.17, 15) is 4.39 Å². The Balaban J connectivity index is 2.03. The number of benzene rings is 1. The lowest BCUT2D eigenvalue weighted by molar-refractivity contribution is 0.591. The van der Waals surface area contributed by atoms with Crippen molar-refractivity contribution in [2.45, 2.75) is 31.7 Å². The monoisotopic (exact) mass is 245 g/mol. The van der Waals surface area contributed by atoms with Crippen LogP contribution in [0.4, 0.5) is 4.39 Å². The van der Waals surface area contributed by atoms with E-state index in [0.29, 0.717) is 0 Å². The van der Waals surface area contributed by atoms with E-state index >= 15 is 0 Å². The number of nitrogens with two attached hydrogens (primary N) is 1. The normalized spacial score (nSPS) is 20.8.